The molecule has 0 aromatic heterocycles. The fraction of sp³-hybridized carbons (Fsp3) is 0.286. The second kappa shape index (κ2) is 9.78. The molecule has 4 heteroatoms. The smallest absolute Gasteiger partial charge is 0.261 e. The van der Waals surface area contributed by atoms with Crippen molar-refractivity contribution in [3.05, 3.63) is 102 Å². The first-order valence-electron chi connectivity index (χ1n) is 11.3. The summed E-state index contributed by atoms with van der Waals surface area (Å²) in [5.74, 6) is 0. The van der Waals surface area contributed by atoms with Gasteiger partial charge in [0, 0.05) is 11.7 Å². The Morgan fingerprint density at radius 3 is 1.81 bits per heavy atom. The maximum atomic E-state index is 7.35. The van der Waals surface area contributed by atoms with Crippen LogP contribution < -0.4 is 15.7 Å². The normalized spacial score (nSPS) is 19.3. The molecule has 3 aromatic rings. The van der Waals surface area contributed by atoms with E-state index < -0.39 is 8.32 Å². The van der Waals surface area contributed by atoms with E-state index in [2.05, 4.69) is 139 Å². The molecular formula is C28H32BrNOSi. The Hall–Kier alpha value is -2.14. The zero-order chi connectivity index (χ0) is 22.6. The van der Waals surface area contributed by atoms with Crippen LogP contribution >= 0.6 is 15.9 Å². The van der Waals surface area contributed by atoms with Crippen LogP contribution in [0.3, 0.4) is 0 Å². The lowest BCUT2D eigenvalue weighted by atomic mass is 9.99. The van der Waals surface area contributed by atoms with Crippen LogP contribution in [0.4, 0.5) is 5.69 Å². The Morgan fingerprint density at radius 2 is 1.31 bits per heavy atom. The van der Waals surface area contributed by atoms with Crippen molar-refractivity contribution < 1.29 is 4.43 Å². The van der Waals surface area contributed by atoms with Crippen molar-refractivity contribution in [1.29, 1.82) is 0 Å². The maximum absolute atomic E-state index is 7.35. The van der Waals surface area contributed by atoms with Gasteiger partial charge in [0.15, 0.2) is 0 Å². The van der Waals surface area contributed by atoms with Gasteiger partial charge in [0.25, 0.3) is 8.32 Å². The van der Waals surface area contributed by atoms with E-state index in [1.165, 1.54) is 14.9 Å². The van der Waals surface area contributed by atoms with Gasteiger partial charge in [-0.2, -0.15) is 0 Å². The summed E-state index contributed by atoms with van der Waals surface area (Å²) in [5.41, 5.74) is 1.16. The number of nitrogens with one attached hydrogen (secondary N) is 1. The van der Waals surface area contributed by atoms with E-state index in [1.54, 1.807) is 0 Å². The molecule has 0 aliphatic heterocycles. The van der Waals surface area contributed by atoms with E-state index in [0.717, 1.165) is 18.5 Å². The van der Waals surface area contributed by atoms with Gasteiger partial charge in [0.1, 0.15) is 0 Å². The SMILES string of the molecule is CC(C)(C)[Si](OC1C=C(Br)CC(Nc2ccccc2)C1)(c1ccccc1)c1ccccc1. The number of benzene rings is 3. The molecule has 0 radical (unpaired) electrons. The van der Waals surface area contributed by atoms with Gasteiger partial charge >= 0.3 is 0 Å². The lowest BCUT2D eigenvalue weighted by Crippen LogP contribution is -2.67. The summed E-state index contributed by atoms with van der Waals surface area (Å²) in [6.07, 6.45) is 4.22. The van der Waals surface area contributed by atoms with Gasteiger partial charge in [-0.25, -0.2) is 0 Å². The van der Waals surface area contributed by atoms with Crippen LogP contribution in [0.15, 0.2) is 102 Å². The molecule has 2 unspecified atom stereocenters. The Balaban J connectivity index is 1.72. The third-order valence-electron chi connectivity index (χ3n) is 6.21. The molecule has 0 spiro atoms. The maximum Gasteiger partial charge on any atom is 0.261 e. The van der Waals surface area contributed by atoms with E-state index >= 15 is 0 Å². The Morgan fingerprint density at radius 1 is 0.812 bits per heavy atom. The van der Waals surface area contributed by atoms with Crippen molar-refractivity contribution in [3.63, 3.8) is 0 Å². The zero-order valence-corrected chi connectivity index (χ0v) is 21.7. The fourth-order valence-electron chi connectivity index (χ4n) is 4.82. The zero-order valence-electron chi connectivity index (χ0n) is 19.1. The Labute approximate surface area is 202 Å². The minimum absolute atomic E-state index is 0.0319. The van der Waals surface area contributed by atoms with Crippen LogP contribution in [0.2, 0.25) is 5.04 Å². The number of rotatable bonds is 6. The number of halogens is 1. The van der Waals surface area contributed by atoms with Crippen molar-refractivity contribution in [2.45, 2.75) is 50.8 Å². The molecule has 1 aliphatic rings. The van der Waals surface area contributed by atoms with Crippen LogP contribution in [0.1, 0.15) is 33.6 Å². The molecule has 1 N–H and O–H groups in total. The van der Waals surface area contributed by atoms with Gasteiger partial charge in [0.05, 0.1) is 6.10 Å². The molecule has 0 bridgehead atoms. The summed E-state index contributed by atoms with van der Waals surface area (Å²) < 4.78 is 8.55. The molecule has 0 amide bonds. The summed E-state index contributed by atoms with van der Waals surface area (Å²) in [4.78, 5) is 0. The molecule has 0 saturated carbocycles. The van der Waals surface area contributed by atoms with Crippen LogP contribution in [0.25, 0.3) is 0 Å². The molecule has 1 aliphatic carbocycles. The van der Waals surface area contributed by atoms with E-state index in [1.807, 2.05) is 0 Å². The first kappa shape index (κ1) is 23.0. The fourth-order valence-corrected chi connectivity index (χ4v) is 10.1. The first-order chi connectivity index (χ1) is 15.4. The van der Waals surface area contributed by atoms with Crippen LogP contribution in [0.5, 0.6) is 0 Å². The third-order valence-corrected chi connectivity index (χ3v) is 11.9. The highest BCUT2D eigenvalue weighted by Crippen LogP contribution is 2.39. The predicted molar refractivity (Wildman–Crippen MR) is 143 cm³/mol. The number of para-hydroxylation sites is 1. The molecule has 32 heavy (non-hydrogen) atoms. The van der Waals surface area contributed by atoms with Crippen molar-refractivity contribution in [2.75, 3.05) is 5.32 Å². The molecule has 3 aromatic carbocycles. The highest BCUT2D eigenvalue weighted by molar-refractivity contribution is 9.11. The van der Waals surface area contributed by atoms with Gasteiger partial charge in [-0.3, -0.25) is 0 Å². The first-order valence-corrected chi connectivity index (χ1v) is 14.1. The minimum atomic E-state index is -2.58. The molecular weight excluding hydrogens is 474 g/mol. The molecule has 2 atom stereocenters. The lowest BCUT2D eigenvalue weighted by molar-refractivity contribution is 0.209. The van der Waals surface area contributed by atoms with E-state index in [-0.39, 0.29) is 11.1 Å². The monoisotopic (exact) mass is 505 g/mol. The molecule has 0 saturated heterocycles. The van der Waals surface area contributed by atoms with Crippen molar-refractivity contribution >= 4 is 40.3 Å². The van der Waals surface area contributed by atoms with E-state index in [9.17, 15) is 0 Å². The highest BCUT2D eigenvalue weighted by atomic mass is 79.9. The van der Waals surface area contributed by atoms with Gasteiger partial charge in [-0.15, -0.1) is 0 Å². The van der Waals surface area contributed by atoms with Crippen molar-refractivity contribution in [1.82, 2.24) is 0 Å². The summed E-state index contributed by atoms with van der Waals surface area (Å²) >= 11 is 3.81. The minimum Gasteiger partial charge on any atom is -0.401 e. The summed E-state index contributed by atoms with van der Waals surface area (Å²) in [5, 5.41) is 6.32. The largest absolute Gasteiger partial charge is 0.401 e. The Bertz CT molecular complexity index is 992. The molecule has 4 rings (SSSR count). The summed E-state index contributed by atoms with van der Waals surface area (Å²) in [6.45, 7) is 7.00. The number of hydrogen-bond donors (Lipinski definition) is 1. The second-order valence-electron chi connectivity index (χ2n) is 9.58. The van der Waals surface area contributed by atoms with Crippen LogP contribution in [-0.4, -0.2) is 20.5 Å². The third kappa shape index (κ3) is 4.93. The number of hydrogen-bond acceptors (Lipinski definition) is 2. The molecule has 2 nitrogen and oxygen atoms in total. The van der Waals surface area contributed by atoms with Gasteiger partial charge < -0.3 is 9.74 Å². The second-order valence-corrected chi connectivity index (χ2v) is 14.9. The average Bonchev–Trinajstić information content (AvgIpc) is 2.78. The van der Waals surface area contributed by atoms with Gasteiger partial charge in [-0.1, -0.05) is 116 Å². The average molecular weight is 507 g/mol. The topological polar surface area (TPSA) is 21.3 Å². The molecule has 0 heterocycles. The number of anilines is 1. The standard InChI is InChI=1S/C28H32BrNOSi/c1-28(2,3)32(26-15-9-5-10-16-26,27-17-11-6-12-18-27)31-25-20-22(29)19-24(21-25)30-23-13-7-4-8-14-23/h4-18,20,24-25,30H,19,21H2,1-3H3. The van der Waals surface area contributed by atoms with E-state index in [0.29, 0.717) is 6.04 Å². The summed E-state index contributed by atoms with van der Waals surface area (Å²) in [6, 6.07) is 32.5. The van der Waals surface area contributed by atoms with Gasteiger partial charge in [0.2, 0.25) is 0 Å². The molecule has 0 fully saturated rings. The van der Waals surface area contributed by atoms with E-state index in [4.69, 9.17) is 4.43 Å². The quantitative estimate of drug-likeness (QED) is 0.386. The molecule has 166 valence electrons. The summed E-state index contributed by atoms with van der Waals surface area (Å²) in [7, 11) is -2.58. The van der Waals surface area contributed by atoms with Crippen molar-refractivity contribution in [3.8, 4) is 0 Å². The highest BCUT2D eigenvalue weighted by Gasteiger charge is 2.51. The Kier molecular flexibility index (Phi) is 7.04. The predicted octanol–water partition coefficient (Wildman–Crippen LogP) is 6.48. The lowest BCUT2D eigenvalue weighted by Gasteiger charge is -2.46. The van der Waals surface area contributed by atoms with Crippen LogP contribution in [-0.2, 0) is 4.43 Å². The van der Waals surface area contributed by atoms with Gasteiger partial charge in [-0.05, 0) is 50.9 Å². The van der Waals surface area contributed by atoms with Crippen molar-refractivity contribution in [2.24, 2.45) is 0 Å². The van der Waals surface area contributed by atoms with Crippen LogP contribution in [0, 0.1) is 0 Å².